The van der Waals surface area contributed by atoms with Gasteiger partial charge in [0.2, 0.25) is 0 Å². The predicted molar refractivity (Wildman–Crippen MR) is 107 cm³/mol. The molecule has 0 aliphatic rings. The van der Waals surface area contributed by atoms with Gasteiger partial charge in [0, 0.05) is 0 Å². The number of benzene rings is 2. The Morgan fingerprint density at radius 1 is 1.19 bits per heavy atom. The number of sulfone groups is 1. The highest BCUT2D eigenvalue weighted by molar-refractivity contribution is 7.91. The summed E-state index contributed by atoms with van der Waals surface area (Å²) in [6.07, 6.45) is -3.35. The number of carbonyl (C=O) groups excluding carboxylic acids is 1. The SMILES string of the molecule is CCS(=O)(=O)c1ccc(O)c(NC(=O)c2cnn(-c3cccc(C(F)(F)F)c3)c2C)c1. The van der Waals surface area contributed by atoms with Crippen molar-refractivity contribution in [3.63, 3.8) is 0 Å². The summed E-state index contributed by atoms with van der Waals surface area (Å²) in [6.45, 7) is 2.96. The lowest BCUT2D eigenvalue weighted by Gasteiger charge is -2.11. The van der Waals surface area contributed by atoms with E-state index in [1.807, 2.05) is 0 Å². The number of halogens is 3. The molecule has 0 atom stereocenters. The van der Waals surface area contributed by atoms with Crippen LogP contribution in [0.15, 0.2) is 53.6 Å². The number of nitrogens with one attached hydrogen (secondary N) is 1. The van der Waals surface area contributed by atoms with Crippen molar-refractivity contribution in [3.8, 4) is 11.4 Å². The van der Waals surface area contributed by atoms with Crippen LogP contribution in [0, 0.1) is 6.92 Å². The Morgan fingerprint density at radius 3 is 2.55 bits per heavy atom. The van der Waals surface area contributed by atoms with Crippen molar-refractivity contribution in [2.75, 3.05) is 11.1 Å². The second-order valence-corrected chi connectivity index (χ2v) is 8.92. The Morgan fingerprint density at radius 2 is 1.90 bits per heavy atom. The van der Waals surface area contributed by atoms with E-state index in [0.717, 1.165) is 24.3 Å². The lowest BCUT2D eigenvalue weighted by molar-refractivity contribution is -0.137. The highest BCUT2D eigenvalue weighted by Crippen LogP contribution is 2.31. The van der Waals surface area contributed by atoms with Crippen molar-refractivity contribution < 1.29 is 31.5 Å². The molecule has 31 heavy (non-hydrogen) atoms. The Kier molecular flexibility index (Phi) is 5.81. The summed E-state index contributed by atoms with van der Waals surface area (Å²) in [4.78, 5) is 12.6. The van der Waals surface area contributed by atoms with Gasteiger partial charge in [-0.3, -0.25) is 4.79 Å². The molecular weight excluding hydrogens is 435 g/mol. The van der Waals surface area contributed by atoms with Gasteiger partial charge in [-0.2, -0.15) is 18.3 Å². The lowest BCUT2D eigenvalue weighted by atomic mass is 10.2. The summed E-state index contributed by atoms with van der Waals surface area (Å²) in [5.41, 5.74) is -0.560. The Balaban J connectivity index is 1.92. The first-order chi connectivity index (χ1) is 14.4. The maximum Gasteiger partial charge on any atom is 0.416 e. The van der Waals surface area contributed by atoms with Gasteiger partial charge in [0.15, 0.2) is 9.84 Å². The number of hydrogen-bond acceptors (Lipinski definition) is 5. The Bertz CT molecular complexity index is 1250. The number of rotatable bonds is 5. The van der Waals surface area contributed by atoms with E-state index in [2.05, 4.69) is 10.4 Å². The van der Waals surface area contributed by atoms with Crippen LogP contribution < -0.4 is 5.32 Å². The van der Waals surface area contributed by atoms with Gasteiger partial charge in [-0.15, -0.1) is 0 Å². The number of carbonyl (C=O) groups is 1. The molecule has 164 valence electrons. The molecule has 1 amide bonds. The van der Waals surface area contributed by atoms with Crippen molar-refractivity contribution in [1.82, 2.24) is 9.78 Å². The second kappa shape index (κ2) is 8.06. The zero-order valence-electron chi connectivity index (χ0n) is 16.4. The second-order valence-electron chi connectivity index (χ2n) is 6.64. The third kappa shape index (κ3) is 4.55. The number of aromatic hydroxyl groups is 1. The van der Waals surface area contributed by atoms with E-state index in [1.165, 1.54) is 42.9 Å². The average molecular weight is 453 g/mol. The minimum Gasteiger partial charge on any atom is -0.506 e. The summed E-state index contributed by atoms with van der Waals surface area (Å²) >= 11 is 0. The van der Waals surface area contributed by atoms with E-state index in [0.29, 0.717) is 0 Å². The number of amides is 1. The van der Waals surface area contributed by atoms with E-state index in [-0.39, 0.29) is 39.0 Å². The fourth-order valence-corrected chi connectivity index (χ4v) is 3.78. The monoisotopic (exact) mass is 453 g/mol. The third-order valence-corrected chi connectivity index (χ3v) is 6.36. The maximum absolute atomic E-state index is 13.0. The normalized spacial score (nSPS) is 12.0. The number of hydrogen-bond donors (Lipinski definition) is 2. The zero-order valence-corrected chi connectivity index (χ0v) is 17.3. The summed E-state index contributed by atoms with van der Waals surface area (Å²) in [5, 5.41) is 16.4. The topological polar surface area (TPSA) is 101 Å². The number of phenolic OH excluding ortho intramolecular Hbond substituents is 1. The van der Waals surface area contributed by atoms with E-state index >= 15 is 0 Å². The Labute approximate surface area is 176 Å². The molecule has 0 aliphatic carbocycles. The lowest BCUT2D eigenvalue weighted by Crippen LogP contribution is -2.14. The van der Waals surface area contributed by atoms with Crippen LogP contribution in [0.25, 0.3) is 5.69 Å². The number of nitrogens with zero attached hydrogens (tertiary/aromatic N) is 2. The molecule has 0 radical (unpaired) electrons. The molecular formula is C20H18F3N3O4S. The van der Waals surface area contributed by atoms with Gasteiger partial charge in [-0.1, -0.05) is 13.0 Å². The summed E-state index contributed by atoms with van der Waals surface area (Å²) < 4.78 is 64.2. The van der Waals surface area contributed by atoms with E-state index in [4.69, 9.17) is 0 Å². The summed E-state index contributed by atoms with van der Waals surface area (Å²) in [7, 11) is -3.56. The smallest absolute Gasteiger partial charge is 0.416 e. The molecule has 7 nitrogen and oxygen atoms in total. The van der Waals surface area contributed by atoms with Crippen molar-refractivity contribution in [2.24, 2.45) is 0 Å². The molecule has 2 aromatic carbocycles. The molecule has 0 bridgehead atoms. The van der Waals surface area contributed by atoms with Crippen LogP contribution in [0.4, 0.5) is 18.9 Å². The van der Waals surface area contributed by atoms with Crippen LogP contribution in [-0.2, 0) is 16.0 Å². The molecule has 2 N–H and O–H groups in total. The van der Waals surface area contributed by atoms with Crippen molar-refractivity contribution in [2.45, 2.75) is 24.9 Å². The Hall–Kier alpha value is -3.34. The first-order valence-electron chi connectivity index (χ1n) is 9.03. The largest absolute Gasteiger partial charge is 0.506 e. The minimum atomic E-state index is -4.53. The highest BCUT2D eigenvalue weighted by atomic mass is 32.2. The number of phenols is 1. The number of anilines is 1. The van der Waals surface area contributed by atoms with Crippen LogP contribution in [0.2, 0.25) is 0 Å². The fourth-order valence-electron chi connectivity index (χ4n) is 2.87. The molecule has 1 aromatic heterocycles. The van der Waals surface area contributed by atoms with Gasteiger partial charge >= 0.3 is 6.18 Å². The van der Waals surface area contributed by atoms with Crippen molar-refractivity contribution >= 4 is 21.4 Å². The van der Waals surface area contributed by atoms with Crippen molar-refractivity contribution in [3.05, 3.63) is 65.5 Å². The third-order valence-electron chi connectivity index (χ3n) is 4.63. The summed E-state index contributed by atoms with van der Waals surface area (Å²) in [5.74, 6) is -1.21. The molecule has 0 saturated heterocycles. The van der Waals surface area contributed by atoms with Crippen LogP contribution in [-0.4, -0.2) is 35.0 Å². The number of alkyl halides is 3. The maximum atomic E-state index is 13.0. The van der Waals surface area contributed by atoms with Crippen LogP contribution in [0.1, 0.15) is 28.5 Å². The first kappa shape index (κ1) is 22.3. The first-order valence-corrected chi connectivity index (χ1v) is 10.7. The predicted octanol–water partition coefficient (Wildman–Crippen LogP) is 3.95. The molecule has 0 fully saturated rings. The van der Waals surface area contributed by atoms with Crippen molar-refractivity contribution in [1.29, 1.82) is 0 Å². The van der Waals surface area contributed by atoms with Gasteiger partial charge in [0.25, 0.3) is 5.91 Å². The standard InChI is InChI=1S/C20H18F3N3O4S/c1-3-31(29,30)15-7-8-18(27)17(10-15)25-19(28)16-11-24-26(12(16)2)14-6-4-5-13(9-14)20(21,22)23/h4-11,27H,3H2,1-2H3,(H,25,28). The molecule has 0 saturated carbocycles. The molecule has 1 heterocycles. The van der Waals surface area contributed by atoms with Gasteiger partial charge in [0.1, 0.15) is 5.75 Å². The van der Waals surface area contributed by atoms with Gasteiger partial charge in [-0.05, 0) is 43.3 Å². The van der Waals surface area contributed by atoms with Crippen LogP contribution in [0.5, 0.6) is 5.75 Å². The average Bonchev–Trinajstić information content (AvgIpc) is 3.10. The zero-order chi connectivity index (χ0) is 23.0. The molecule has 3 rings (SSSR count). The number of aromatic nitrogens is 2. The van der Waals surface area contributed by atoms with E-state index < -0.39 is 27.5 Å². The van der Waals surface area contributed by atoms with E-state index in [9.17, 15) is 31.5 Å². The van der Waals surface area contributed by atoms with E-state index in [1.54, 1.807) is 0 Å². The van der Waals surface area contributed by atoms with Gasteiger partial charge < -0.3 is 10.4 Å². The molecule has 0 spiro atoms. The molecule has 0 unspecified atom stereocenters. The fraction of sp³-hybridized carbons (Fsp3) is 0.200. The quantitative estimate of drug-likeness (QED) is 0.570. The van der Waals surface area contributed by atoms with Gasteiger partial charge in [0.05, 0.1) is 45.0 Å². The van der Waals surface area contributed by atoms with Crippen LogP contribution >= 0.6 is 0 Å². The highest BCUT2D eigenvalue weighted by Gasteiger charge is 2.30. The molecule has 3 aromatic rings. The van der Waals surface area contributed by atoms with Crippen LogP contribution in [0.3, 0.4) is 0 Å². The molecule has 11 heteroatoms. The minimum absolute atomic E-state index is 0.0422. The molecule has 0 aliphatic heterocycles. The summed E-state index contributed by atoms with van der Waals surface area (Å²) in [6, 6.07) is 8.00. The van der Waals surface area contributed by atoms with Gasteiger partial charge in [-0.25, -0.2) is 13.1 Å².